The van der Waals surface area contributed by atoms with Gasteiger partial charge in [-0.3, -0.25) is 4.79 Å². The van der Waals surface area contributed by atoms with E-state index in [2.05, 4.69) is 10.3 Å². The average Bonchev–Trinajstić information content (AvgIpc) is 2.80. The molecule has 2 aromatic rings. The number of carbonyl (C=O) groups is 1. The summed E-state index contributed by atoms with van der Waals surface area (Å²) in [4.78, 5) is 16.5. The highest BCUT2D eigenvalue weighted by Crippen LogP contribution is 2.26. The minimum absolute atomic E-state index is 0.0366. The first-order valence-corrected chi connectivity index (χ1v) is 7.34. The maximum atomic E-state index is 11.3. The lowest BCUT2D eigenvalue weighted by molar-refractivity contribution is -0.115. The van der Waals surface area contributed by atoms with Crippen LogP contribution >= 0.6 is 34.5 Å². The van der Waals surface area contributed by atoms with Crippen LogP contribution in [-0.2, 0) is 11.2 Å². The normalized spacial score (nSPS) is 10.5. The van der Waals surface area contributed by atoms with Crippen LogP contribution in [0.15, 0.2) is 24.4 Å². The molecule has 0 spiro atoms. The molecule has 0 atom stereocenters. The number of hydrogen-bond acceptors (Lipinski definition) is 3. The molecule has 0 aliphatic rings. The van der Waals surface area contributed by atoms with Gasteiger partial charge >= 0.3 is 0 Å². The van der Waals surface area contributed by atoms with Crippen molar-refractivity contribution in [1.82, 2.24) is 4.98 Å². The Labute approximate surface area is 125 Å². The predicted molar refractivity (Wildman–Crippen MR) is 80.3 cm³/mol. The van der Waals surface area contributed by atoms with Crippen molar-refractivity contribution in [2.45, 2.75) is 19.8 Å². The highest BCUT2D eigenvalue weighted by atomic mass is 35.5. The van der Waals surface area contributed by atoms with Crippen LogP contribution in [0.25, 0.3) is 0 Å². The molecule has 3 nitrogen and oxygen atoms in total. The van der Waals surface area contributed by atoms with Crippen molar-refractivity contribution in [2.24, 2.45) is 0 Å². The van der Waals surface area contributed by atoms with Crippen LogP contribution in [0.4, 0.5) is 5.13 Å². The minimum atomic E-state index is -0.0366. The van der Waals surface area contributed by atoms with Crippen molar-refractivity contribution < 1.29 is 4.79 Å². The Morgan fingerprint density at radius 1 is 1.42 bits per heavy atom. The Morgan fingerprint density at radius 3 is 2.89 bits per heavy atom. The van der Waals surface area contributed by atoms with Crippen molar-refractivity contribution in [1.29, 1.82) is 0 Å². The Morgan fingerprint density at radius 2 is 2.21 bits per heavy atom. The van der Waals surface area contributed by atoms with Gasteiger partial charge in [-0.15, -0.1) is 11.3 Å². The smallest absolute Gasteiger partial charge is 0.225 e. The third-order valence-corrected chi connectivity index (χ3v) is 4.00. The van der Waals surface area contributed by atoms with Crippen LogP contribution in [0.2, 0.25) is 10.0 Å². The van der Waals surface area contributed by atoms with Gasteiger partial charge in [0.05, 0.1) is 0 Å². The molecule has 1 aromatic heterocycles. The van der Waals surface area contributed by atoms with Crippen molar-refractivity contribution in [2.75, 3.05) is 5.32 Å². The van der Waals surface area contributed by atoms with Gasteiger partial charge in [-0.05, 0) is 17.7 Å². The molecule has 0 aliphatic carbocycles. The second-order valence-corrected chi connectivity index (χ2v) is 5.90. The Hall–Kier alpha value is -1.10. The van der Waals surface area contributed by atoms with Crippen LogP contribution in [0.1, 0.15) is 23.8 Å². The summed E-state index contributed by atoms with van der Waals surface area (Å²) < 4.78 is 0. The summed E-state index contributed by atoms with van der Waals surface area (Å²) in [5.41, 5.74) is 0.989. The number of nitrogens with one attached hydrogen (secondary N) is 1. The lowest BCUT2D eigenvalue weighted by Gasteiger charge is -2.02. The first-order chi connectivity index (χ1) is 9.08. The molecule has 0 aliphatic heterocycles. The zero-order valence-corrected chi connectivity index (χ0v) is 12.6. The van der Waals surface area contributed by atoms with Gasteiger partial charge in [0.1, 0.15) is 0 Å². The van der Waals surface area contributed by atoms with Crippen LogP contribution in [-0.4, -0.2) is 10.9 Å². The van der Waals surface area contributed by atoms with Crippen LogP contribution in [0.5, 0.6) is 0 Å². The number of benzene rings is 1. The van der Waals surface area contributed by atoms with Gasteiger partial charge in [0, 0.05) is 34.0 Å². The number of rotatable bonds is 4. The summed E-state index contributed by atoms with van der Waals surface area (Å²) in [6.07, 6.45) is 2.87. The quantitative estimate of drug-likeness (QED) is 0.909. The van der Waals surface area contributed by atoms with E-state index in [0.29, 0.717) is 28.0 Å². The van der Waals surface area contributed by atoms with E-state index in [0.717, 1.165) is 10.4 Å². The largest absolute Gasteiger partial charge is 0.302 e. The lowest BCUT2D eigenvalue weighted by atomic mass is 10.1. The summed E-state index contributed by atoms with van der Waals surface area (Å²) in [5.74, 6) is -0.0366. The molecule has 0 saturated heterocycles. The highest BCUT2D eigenvalue weighted by Gasteiger charge is 2.08. The molecule has 1 heterocycles. The molecule has 2 rings (SSSR count). The van der Waals surface area contributed by atoms with Gasteiger partial charge in [-0.2, -0.15) is 0 Å². The lowest BCUT2D eigenvalue weighted by Crippen LogP contribution is -2.08. The Kier molecular flexibility index (Phi) is 4.80. The highest BCUT2D eigenvalue weighted by molar-refractivity contribution is 7.15. The first-order valence-electron chi connectivity index (χ1n) is 5.77. The van der Waals surface area contributed by atoms with Crippen molar-refractivity contribution >= 4 is 45.6 Å². The van der Waals surface area contributed by atoms with Crippen molar-refractivity contribution in [3.8, 4) is 0 Å². The average molecular weight is 315 g/mol. The predicted octanol–water partition coefficient (Wildman–Crippen LogP) is 4.39. The van der Waals surface area contributed by atoms with E-state index in [-0.39, 0.29) is 5.91 Å². The number of amides is 1. The molecule has 1 N–H and O–H groups in total. The fourth-order valence-corrected chi connectivity index (χ4v) is 2.83. The van der Waals surface area contributed by atoms with Gasteiger partial charge in [-0.1, -0.05) is 36.2 Å². The van der Waals surface area contributed by atoms with E-state index in [1.807, 2.05) is 12.1 Å². The second-order valence-electron chi connectivity index (χ2n) is 3.95. The molecular formula is C13H12Cl2N2OS. The number of anilines is 1. The monoisotopic (exact) mass is 314 g/mol. The summed E-state index contributed by atoms with van der Waals surface area (Å²) >= 11 is 13.4. The molecule has 6 heteroatoms. The molecule has 0 bridgehead atoms. The third kappa shape index (κ3) is 3.93. The molecule has 0 fully saturated rings. The number of halogens is 2. The molecular weight excluding hydrogens is 303 g/mol. The molecule has 19 heavy (non-hydrogen) atoms. The number of thiazole rings is 1. The molecule has 100 valence electrons. The molecule has 0 radical (unpaired) electrons. The fraction of sp³-hybridized carbons (Fsp3) is 0.231. The molecule has 1 aromatic carbocycles. The van der Waals surface area contributed by atoms with E-state index in [1.54, 1.807) is 19.2 Å². The summed E-state index contributed by atoms with van der Waals surface area (Å²) in [7, 11) is 0. The van der Waals surface area contributed by atoms with Gasteiger partial charge in [-0.25, -0.2) is 4.98 Å². The maximum Gasteiger partial charge on any atom is 0.225 e. The van der Waals surface area contributed by atoms with Crippen molar-refractivity contribution in [3.63, 3.8) is 0 Å². The number of nitrogens with zero attached hydrogens (tertiary/aromatic N) is 1. The SMILES string of the molecule is CCC(=O)Nc1ncc(Cc2ccc(Cl)cc2Cl)s1. The molecule has 0 saturated carbocycles. The van der Waals surface area contributed by atoms with Crippen LogP contribution < -0.4 is 5.32 Å². The maximum absolute atomic E-state index is 11.3. The van der Waals surface area contributed by atoms with E-state index >= 15 is 0 Å². The second kappa shape index (κ2) is 6.37. The summed E-state index contributed by atoms with van der Waals surface area (Å²) in [5, 5.41) is 4.61. The van der Waals surface area contributed by atoms with Gasteiger partial charge in [0.2, 0.25) is 5.91 Å². The third-order valence-electron chi connectivity index (χ3n) is 2.50. The zero-order chi connectivity index (χ0) is 13.8. The van der Waals surface area contributed by atoms with Gasteiger partial charge in [0.15, 0.2) is 5.13 Å². The van der Waals surface area contributed by atoms with E-state index < -0.39 is 0 Å². The standard InChI is InChI=1S/C13H12Cl2N2OS/c1-2-12(18)17-13-16-7-10(19-13)5-8-3-4-9(14)6-11(8)15/h3-4,6-7H,2,5H2,1H3,(H,16,17,18). The number of hydrogen-bond donors (Lipinski definition) is 1. The van der Waals surface area contributed by atoms with E-state index in [1.165, 1.54) is 11.3 Å². The van der Waals surface area contributed by atoms with Crippen LogP contribution in [0, 0.1) is 0 Å². The Bertz CT molecular complexity index is 598. The molecule has 1 amide bonds. The minimum Gasteiger partial charge on any atom is -0.302 e. The number of aromatic nitrogens is 1. The summed E-state index contributed by atoms with van der Waals surface area (Å²) in [6, 6.07) is 5.43. The number of carbonyl (C=O) groups excluding carboxylic acids is 1. The molecule has 0 unspecified atom stereocenters. The van der Waals surface area contributed by atoms with Crippen molar-refractivity contribution in [3.05, 3.63) is 44.9 Å². The first kappa shape index (κ1) is 14.3. The van der Waals surface area contributed by atoms with Gasteiger partial charge < -0.3 is 5.32 Å². The zero-order valence-electron chi connectivity index (χ0n) is 10.2. The van der Waals surface area contributed by atoms with Gasteiger partial charge in [0.25, 0.3) is 0 Å². The van der Waals surface area contributed by atoms with E-state index in [9.17, 15) is 4.79 Å². The Balaban J connectivity index is 2.09. The van der Waals surface area contributed by atoms with Crippen LogP contribution in [0.3, 0.4) is 0 Å². The van der Waals surface area contributed by atoms with E-state index in [4.69, 9.17) is 23.2 Å². The topological polar surface area (TPSA) is 42.0 Å². The fourth-order valence-electron chi connectivity index (χ4n) is 1.51. The summed E-state index contributed by atoms with van der Waals surface area (Å²) in [6.45, 7) is 1.80.